The Morgan fingerprint density at radius 2 is 2.18 bits per heavy atom. The molecule has 0 radical (unpaired) electrons. The van der Waals surface area contributed by atoms with Gasteiger partial charge < -0.3 is 36.2 Å². The molecule has 1 amide bonds. The summed E-state index contributed by atoms with van der Waals surface area (Å²) >= 11 is 0. The van der Waals surface area contributed by atoms with Crippen LogP contribution in [-0.2, 0) is 4.74 Å². The van der Waals surface area contributed by atoms with Gasteiger partial charge in [-0.2, -0.15) is 0 Å². The molecule has 3 fully saturated rings. The third-order valence-electron chi connectivity index (χ3n) is 4.35. The van der Waals surface area contributed by atoms with Gasteiger partial charge in [-0.1, -0.05) is 0 Å². The SMILES string of the molecule is N=C1N[C@H]2C(COC(N)=O)N(O)C(=N)N3CCC(O)(O)C23N1. The molecular weight excluding hydrogens is 298 g/mol. The van der Waals surface area contributed by atoms with E-state index in [1.165, 1.54) is 4.90 Å². The number of nitrogens with two attached hydrogens (primary N) is 1. The van der Waals surface area contributed by atoms with Gasteiger partial charge in [-0.05, 0) is 0 Å². The van der Waals surface area contributed by atoms with Gasteiger partial charge in [-0.15, -0.1) is 0 Å². The van der Waals surface area contributed by atoms with Crippen LogP contribution in [0.25, 0.3) is 0 Å². The molecule has 22 heavy (non-hydrogen) atoms. The minimum atomic E-state index is -2.26. The minimum Gasteiger partial charge on any atom is -0.447 e. The number of ether oxygens (including phenoxy) is 1. The molecule has 122 valence electrons. The molecule has 3 rings (SSSR count). The van der Waals surface area contributed by atoms with E-state index in [0.29, 0.717) is 5.06 Å². The molecule has 3 heterocycles. The Labute approximate surface area is 124 Å². The number of carbonyl (C=O) groups excluding carboxylic acids is 1. The number of rotatable bonds is 2. The van der Waals surface area contributed by atoms with Crippen LogP contribution in [0.2, 0.25) is 0 Å². The van der Waals surface area contributed by atoms with Crippen molar-refractivity contribution >= 4 is 18.0 Å². The van der Waals surface area contributed by atoms with E-state index in [2.05, 4.69) is 15.4 Å². The quantitative estimate of drug-likeness (QED) is 0.241. The summed E-state index contributed by atoms with van der Waals surface area (Å²) in [7, 11) is 0. The molecule has 0 aromatic carbocycles. The van der Waals surface area contributed by atoms with Crippen LogP contribution in [0.3, 0.4) is 0 Å². The van der Waals surface area contributed by atoms with Crippen LogP contribution in [0.5, 0.6) is 0 Å². The number of hydrogen-bond donors (Lipinski definition) is 8. The van der Waals surface area contributed by atoms with Crippen LogP contribution in [0.4, 0.5) is 4.79 Å². The molecule has 1 spiro atoms. The molecule has 12 heteroatoms. The number of carbonyl (C=O) groups is 1. The molecular formula is C10H17N7O5. The van der Waals surface area contributed by atoms with Crippen molar-refractivity contribution in [2.75, 3.05) is 13.2 Å². The summed E-state index contributed by atoms with van der Waals surface area (Å²) < 4.78 is 4.68. The van der Waals surface area contributed by atoms with Gasteiger partial charge >= 0.3 is 6.09 Å². The van der Waals surface area contributed by atoms with Crippen molar-refractivity contribution < 1.29 is 25.0 Å². The van der Waals surface area contributed by atoms with Crippen LogP contribution >= 0.6 is 0 Å². The van der Waals surface area contributed by atoms with E-state index in [0.717, 1.165) is 0 Å². The monoisotopic (exact) mass is 315 g/mol. The maximum atomic E-state index is 10.8. The van der Waals surface area contributed by atoms with E-state index in [1.54, 1.807) is 0 Å². The number of guanidine groups is 2. The number of aliphatic hydroxyl groups is 2. The Morgan fingerprint density at radius 3 is 2.82 bits per heavy atom. The topological polar surface area (TPSA) is 191 Å². The van der Waals surface area contributed by atoms with Gasteiger partial charge in [0, 0.05) is 13.0 Å². The lowest BCUT2D eigenvalue weighted by atomic mass is 9.86. The Morgan fingerprint density at radius 1 is 1.50 bits per heavy atom. The molecule has 3 atom stereocenters. The van der Waals surface area contributed by atoms with Crippen LogP contribution in [-0.4, -0.2) is 80.1 Å². The van der Waals surface area contributed by atoms with Crippen molar-refractivity contribution in [3.63, 3.8) is 0 Å². The second-order valence-electron chi connectivity index (χ2n) is 5.47. The van der Waals surface area contributed by atoms with E-state index < -0.39 is 42.2 Å². The first-order chi connectivity index (χ1) is 10.2. The largest absolute Gasteiger partial charge is 0.447 e. The summed E-state index contributed by atoms with van der Waals surface area (Å²) in [4.78, 5) is 12.1. The Kier molecular flexibility index (Phi) is 2.89. The molecule has 3 aliphatic rings. The van der Waals surface area contributed by atoms with E-state index in [1.807, 2.05) is 0 Å². The fourth-order valence-electron chi connectivity index (χ4n) is 3.40. The van der Waals surface area contributed by atoms with Crippen molar-refractivity contribution in [3.05, 3.63) is 0 Å². The molecule has 3 aliphatic heterocycles. The van der Waals surface area contributed by atoms with Gasteiger partial charge in [0.15, 0.2) is 11.6 Å². The highest BCUT2D eigenvalue weighted by molar-refractivity contribution is 5.86. The zero-order chi connectivity index (χ0) is 16.3. The molecule has 0 aromatic rings. The molecule has 9 N–H and O–H groups in total. The summed E-state index contributed by atoms with van der Waals surface area (Å²) in [5.41, 5.74) is 3.29. The van der Waals surface area contributed by atoms with Gasteiger partial charge in [0.2, 0.25) is 11.7 Å². The molecule has 0 saturated carbocycles. The van der Waals surface area contributed by atoms with Gasteiger partial charge in [0.05, 0.1) is 0 Å². The number of nitrogens with one attached hydrogen (secondary N) is 4. The molecule has 2 unspecified atom stereocenters. The van der Waals surface area contributed by atoms with E-state index >= 15 is 0 Å². The van der Waals surface area contributed by atoms with Gasteiger partial charge in [-0.25, -0.2) is 9.86 Å². The summed E-state index contributed by atoms with van der Waals surface area (Å²) in [5, 5.41) is 52.4. The lowest BCUT2D eigenvalue weighted by Gasteiger charge is -2.53. The highest BCUT2D eigenvalue weighted by Gasteiger charge is 2.72. The normalized spacial score (nSPS) is 35.6. The summed E-state index contributed by atoms with van der Waals surface area (Å²) in [6, 6.07) is -1.97. The maximum Gasteiger partial charge on any atom is 0.404 e. The third kappa shape index (κ3) is 1.65. The average Bonchev–Trinajstić information content (AvgIpc) is 2.89. The smallest absolute Gasteiger partial charge is 0.404 e. The number of amides is 1. The van der Waals surface area contributed by atoms with Crippen molar-refractivity contribution in [3.8, 4) is 0 Å². The first-order valence-electron chi connectivity index (χ1n) is 6.55. The predicted octanol–water partition coefficient (Wildman–Crippen LogP) is -3.33. The first-order valence-corrected chi connectivity index (χ1v) is 6.55. The highest BCUT2D eigenvalue weighted by atomic mass is 16.6. The number of hydrogen-bond acceptors (Lipinski definition) is 7. The van der Waals surface area contributed by atoms with Crippen LogP contribution in [0, 0.1) is 10.8 Å². The maximum absolute atomic E-state index is 10.8. The Balaban J connectivity index is 2.03. The third-order valence-corrected chi connectivity index (χ3v) is 4.35. The van der Waals surface area contributed by atoms with E-state index in [9.17, 15) is 20.2 Å². The van der Waals surface area contributed by atoms with Crippen LogP contribution < -0.4 is 16.4 Å². The van der Waals surface area contributed by atoms with Gasteiger partial charge in [-0.3, -0.25) is 16.0 Å². The lowest BCUT2D eigenvalue weighted by molar-refractivity contribution is -0.241. The Hall–Kier alpha value is -2.31. The number of primary amides is 1. The van der Waals surface area contributed by atoms with Gasteiger partial charge in [0.1, 0.15) is 18.7 Å². The Bertz CT molecular complexity index is 554. The number of nitrogens with zero attached hydrogens (tertiary/aromatic N) is 2. The average molecular weight is 315 g/mol. The van der Waals surface area contributed by atoms with Crippen molar-refractivity contribution in [2.45, 2.75) is 30.0 Å². The lowest BCUT2D eigenvalue weighted by Crippen LogP contribution is -2.80. The molecule has 0 aliphatic carbocycles. The first kappa shape index (κ1) is 14.6. The summed E-state index contributed by atoms with van der Waals surface area (Å²) in [6.45, 7) is -0.308. The summed E-state index contributed by atoms with van der Waals surface area (Å²) in [5.74, 6) is -2.86. The van der Waals surface area contributed by atoms with Crippen molar-refractivity contribution in [1.82, 2.24) is 20.6 Å². The van der Waals surface area contributed by atoms with Crippen molar-refractivity contribution in [1.29, 1.82) is 10.8 Å². The van der Waals surface area contributed by atoms with Crippen molar-refractivity contribution in [2.24, 2.45) is 5.73 Å². The molecule has 0 bridgehead atoms. The minimum absolute atomic E-state index is 0.0880. The van der Waals surface area contributed by atoms with Crippen LogP contribution in [0.15, 0.2) is 0 Å². The fraction of sp³-hybridized carbons (Fsp3) is 0.700. The zero-order valence-corrected chi connectivity index (χ0v) is 11.4. The zero-order valence-electron chi connectivity index (χ0n) is 11.4. The second kappa shape index (κ2) is 4.34. The highest BCUT2D eigenvalue weighted by Crippen LogP contribution is 2.44. The molecule has 12 nitrogen and oxygen atoms in total. The van der Waals surface area contributed by atoms with E-state index in [4.69, 9.17) is 16.6 Å². The van der Waals surface area contributed by atoms with Gasteiger partial charge in [0.25, 0.3) is 0 Å². The number of hydroxylamine groups is 2. The second-order valence-corrected chi connectivity index (χ2v) is 5.47. The molecule has 3 saturated heterocycles. The molecule has 0 aromatic heterocycles. The summed E-state index contributed by atoms with van der Waals surface area (Å²) in [6.07, 6.45) is -1.16. The van der Waals surface area contributed by atoms with E-state index in [-0.39, 0.29) is 18.9 Å². The standard InChI is InChI=1S/C10H17N7O5/c11-6-14-5-4(3-22-8(13)18)17(21)7(12)16-2-1-9(19,20)10(5,16)15-6/h4-5,12,19-21H,1-3H2,(H2,13,18)(H3,11,14,15)/t4?,5-,10?/m0/s1. The predicted molar refractivity (Wildman–Crippen MR) is 69.7 cm³/mol. The fourth-order valence-corrected chi connectivity index (χ4v) is 3.40. The van der Waals surface area contributed by atoms with Crippen LogP contribution in [0.1, 0.15) is 6.42 Å².